The Balaban J connectivity index is 1.17. The van der Waals surface area contributed by atoms with Gasteiger partial charge >= 0.3 is 36.4 Å². The number of carbonyl (C=O) groups excluding carboxylic acids is 6. The van der Waals surface area contributed by atoms with Crippen LogP contribution in [0.5, 0.6) is 17.2 Å². The average molecular weight is 1090 g/mol. The number of hydrogen-bond acceptors (Lipinski definition) is 24. The van der Waals surface area contributed by atoms with Crippen LogP contribution in [-0.4, -0.2) is 106 Å². The number of hydrogen-bond donors (Lipinski definition) is 0. The van der Waals surface area contributed by atoms with Gasteiger partial charge < -0.3 is 56.2 Å². The van der Waals surface area contributed by atoms with Crippen LogP contribution in [0.2, 0.25) is 0 Å². The molecule has 0 aliphatic rings. The van der Waals surface area contributed by atoms with Crippen LogP contribution in [0.25, 0.3) is 68.5 Å². The lowest BCUT2D eigenvalue weighted by molar-refractivity contribution is -0.139. The van der Waals surface area contributed by atoms with E-state index in [9.17, 15) is 28.8 Å². The summed E-state index contributed by atoms with van der Waals surface area (Å²) < 4.78 is 150. The van der Waals surface area contributed by atoms with E-state index in [1.165, 1.54) is 18.2 Å². The Morgan fingerprint density at radius 3 is 0.910 bits per heavy atom. The average Bonchev–Trinajstić information content (AvgIpc) is 4.28. The van der Waals surface area contributed by atoms with E-state index in [1.54, 1.807) is 0 Å². The van der Waals surface area contributed by atoms with Crippen molar-refractivity contribution < 1.29 is 111 Å². The van der Waals surface area contributed by atoms with Crippen molar-refractivity contribution in [2.45, 2.75) is 0 Å². The SMILES string of the molecule is C=CC(=O)OCCOC(=O)Oc1ccc(-c2noc(-c3cc(-c4nc(-c5ccc(OC(=O)OCCOC(=O)C=C)c(F)c5F)no4)cc(-c4nc(-c5ccc(OC(=O)OCCOC(=O)C=C)c(F)c5F)no4)c3)n2)c(F)c1F. The van der Waals surface area contributed by atoms with Crippen molar-refractivity contribution in [3.05, 3.63) is 127 Å². The van der Waals surface area contributed by atoms with Crippen LogP contribution in [0.15, 0.2) is 106 Å². The molecule has 0 unspecified atom stereocenters. The Bertz CT molecular complexity index is 3120. The maximum atomic E-state index is 15.5. The molecule has 0 saturated carbocycles. The second kappa shape index (κ2) is 25.0. The predicted molar refractivity (Wildman–Crippen MR) is 242 cm³/mol. The van der Waals surface area contributed by atoms with Crippen LogP contribution >= 0.6 is 0 Å². The van der Waals surface area contributed by atoms with Gasteiger partial charge in [-0.2, -0.15) is 28.1 Å². The fourth-order valence-electron chi connectivity index (χ4n) is 6.03. The molecule has 0 bridgehead atoms. The van der Waals surface area contributed by atoms with Crippen molar-refractivity contribution in [2.24, 2.45) is 0 Å². The highest BCUT2D eigenvalue weighted by molar-refractivity contribution is 5.82. The van der Waals surface area contributed by atoms with Crippen molar-refractivity contribution in [3.8, 4) is 85.8 Å². The molecule has 0 aliphatic heterocycles. The number of ether oxygens (including phenoxy) is 9. The molecule has 0 saturated heterocycles. The summed E-state index contributed by atoms with van der Waals surface area (Å²) in [7, 11) is 0. The number of esters is 3. The third-order valence-electron chi connectivity index (χ3n) is 9.54. The zero-order valence-electron chi connectivity index (χ0n) is 39.1. The third-order valence-corrected chi connectivity index (χ3v) is 9.54. The smallest absolute Gasteiger partial charge is 0.459 e. The minimum Gasteiger partial charge on any atom is -0.459 e. The highest BCUT2D eigenvalue weighted by Gasteiger charge is 2.27. The van der Waals surface area contributed by atoms with Gasteiger partial charge in [-0.1, -0.05) is 35.2 Å². The zero-order valence-corrected chi connectivity index (χ0v) is 39.1. The van der Waals surface area contributed by atoms with Gasteiger partial charge in [-0.05, 0) is 54.6 Å². The number of benzene rings is 4. The van der Waals surface area contributed by atoms with Crippen molar-refractivity contribution >= 4 is 36.4 Å². The first-order valence-electron chi connectivity index (χ1n) is 21.5. The van der Waals surface area contributed by atoms with E-state index in [2.05, 4.69) is 78.6 Å². The Morgan fingerprint density at radius 1 is 0.397 bits per heavy atom. The van der Waals surface area contributed by atoms with Crippen molar-refractivity contribution in [3.63, 3.8) is 0 Å². The summed E-state index contributed by atoms with van der Waals surface area (Å²) in [5.74, 6) is -18.3. The molecule has 3 heterocycles. The standard InChI is InChI=1S/C48H30F6N6O18/c1-4-31(61)67-13-16-70-46(64)73-28-10-7-25(34(49)37(28)52)40-55-43(76-58-40)22-19-23(44-56-41(59-77-44)26-8-11-29(38(53)35(26)50)74-47(65)71-17-14-68-32(62)5-2)21-24(20-22)45-57-42(60-78-45)27-9-12-30(39(54)36(27)51)75-48(66)72-18-15-69-33(63)6-3/h4-12,19-21H,1-3,13-18H2. The van der Waals surface area contributed by atoms with E-state index in [1.807, 2.05) is 0 Å². The minimum atomic E-state index is -1.69. The monoisotopic (exact) mass is 1090 g/mol. The minimum absolute atomic E-state index is 0.114. The molecule has 78 heavy (non-hydrogen) atoms. The van der Waals surface area contributed by atoms with E-state index in [4.69, 9.17) is 27.8 Å². The maximum Gasteiger partial charge on any atom is 0.514 e. The van der Waals surface area contributed by atoms with Crippen molar-refractivity contribution in [1.82, 2.24) is 30.4 Å². The topological polar surface area (TPSA) is 302 Å². The van der Waals surface area contributed by atoms with Gasteiger partial charge in [0.1, 0.15) is 39.6 Å². The second-order valence-electron chi connectivity index (χ2n) is 14.5. The lowest BCUT2D eigenvalue weighted by atomic mass is 10.0. The third kappa shape index (κ3) is 13.3. The summed E-state index contributed by atoms with van der Waals surface area (Å²) in [5.41, 5.74) is -2.21. The summed E-state index contributed by atoms with van der Waals surface area (Å²) in [5, 5.41) is 11.1. The summed E-state index contributed by atoms with van der Waals surface area (Å²) in [4.78, 5) is 82.1. The van der Waals surface area contributed by atoms with Gasteiger partial charge in [0.2, 0.25) is 34.9 Å². The van der Waals surface area contributed by atoms with Gasteiger partial charge in [-0.3, -0.25) is 0 Å². The highest BCUT2D eigenvalue weighted by Crippen LogP contribution is 2.37. The Kier molecular flexibility index (Phi) is 17.7. The molecule has 3 aromatic heterocycles. The molecule has 30 heteroatoms. The van der Waals surface area contributed by atoms with Crippen molar-refractivity contribution in [1.29, 1.82) is 0 Å². The van der Waals surface area contributed by atoms with E-state index in [0.29, 0.717) is 0 Å². The molecule has 0 atom stereocenters. The second-order valence-corrected chi connectivity index (χ2v) is 14.5. The summed E-state index contributed by atoms with van der Waals surface area (Å²) in [6.45, 7) is 6.85. The molecule has 4 aromatic carbocycles. The molecule has 0 spiro atoms. The van der Waals surface area contributed by atoms with Gasteiger partial charge in [-0.25, -0.2) is 41.9 Å². The number of aromatic nitrogens is 6. The van der Waals surface area contributed by atoms with E-state index >= 15 is 26.3 Å². The first kappa shape index (κ1) is 55.1. The summed E-state index contributed by atoms with van der Waals surface area (Å²) in [6, 6.07) is 8.95. The molecule has 0 aliphatic carbocycles. The molecule has 7 aromatic rings. The van der Waals surface area contributed by atoms with Crippen molar-refractivity contribution in [2.75, 3.05) is 39.6 Å². The molecule has 0 N–H and O–H groups in total. The molecule has 0 radical (unpaired) electrons. The quantitative estimate of drug-likeness (QED) is 0.0163. The molecule has 402 valence electrons. The molecule has 0 amide bonds. The van der Waals surface area contributed by atoms with Crippen LogP contribution in [0.3, 0.4) is 0 Å². The highest BCUT2D eigenvalue weighted by atomic mass is 19.2. The van der Waals surface area contributed by atoms with Gasteiger partial charge in [0.15, 0.2) is 34.7 Å². The Hall–Kier alpha value is -10.7. The fourth-order valence-corrected chi connectivity index (χ4v) is 6.03. The lowest BCUT2D eigenvalue weighted by Gasteiger charge is -2.08. The van der Waals surface area contributed by atoms with E-state index in [-0.39, 0.29) is 16.7 Å². The Morgan fingerprint density at radius 2 is 0.654 bits per heavy atom. The normalized spacial score (nSPS) is 10.7. The van der Waals surface area contributed by atoms with Crippen LogP contribution in [0, 0.1) is 34.9 Å². The maximum absolute atomic E-state index is 15.5. The van der Waals surface area contributed by atoms with E-state index in [0.717, 1.165) is 54.6 Å². The van der Waals surface area contributed by atoms with Crippen LogP contribution in [0.4, 0.5) is 40.7 Å². The molecular formula is C48H30F6N6O18. The van der Waals surface area contributed by atoms with Crippen LogP contribution < -0.4 is 14.2 Å². The number of rotatable bonds is 21. The molecule has 7 rings (SSSR count). The fraction of sp³-hybridized carbons (Fsp3) is 0.125. The van der Waals surface area contributed by atoms with Gasteiger partial charge in [0.25, 0.3) is 17.7 Å². The number of carbonyl (C=O) groups is 6. The Labute approximate surface area is 430 Å². The summed E-state index contributed by atoms with van der Waals surface area (Å²) in [6.07, 6.45) is -1.88. The predicted octanol–water partition coefficient (Wildman–Crippen LogP) is 8.41. The van der Waals surface area contributed by atoms with Gasteiger partial charge in [-0.15, -0.1) is 0 Å². The first-order valence-corrected chi connectivity index (χ1v) is 21.5. The lowest BCUT2D eigenvalue weighted by Crippen LogP contribution is -2.16. The molecule has 24 nitrogen and oxygen atoms in total. The number of nitrogens with zero attached hydrogens (tertiary/aromatic N) is 6. The van der Waals surface area contributed by atoms with Gasteiger partial charge in [0, 0.05) is 34.9 Å². The molecule has 0 fully saturated rings. The largest absolute Gasteiger partial charge is 0.514 e. The first-order chi connectivity index (χ1) is 37.5. The number of halogens is 6. The molecular weight excluding hydrogens is 1060 g/mol. The zero-order chi connectivity index (χ0) is 56.0. The van der Waals surface area contributed by atoms with E-state index < -0.39 is 180 Å². The van der Waals surface area contributed by atoms with Gasteiger partial charge in [0.05, 0.1) is 16.7 Å². The van der Waals surface area contributed by atoms with Crippen LogP contribution in [0.1, 0.15) is 0 Å². The van der Waals surface area contributed by atoms with Crippen LogP contribution in [-0.2, 0) is 42.8 Å². The summed E-state index contributed by atoms with van der Waals surface area (Å²) >= 11 is 0.